The van der Waals surface area contributed by atoms with E-state index in [9.17, 15) is 9.00 Å². The van der Waals surface area contributed by atoms with Gasteiger partial charge >= 0.3 is 0 Å². The molecule has 0 aliphatic carbocycles. The van der Waals surface area contributed by atoms with Gasteiger partial charge in [-0.25, -0.2) is 0 Å². The zero-order chi connectivity index (χ0) is 13.8. The van der Waals surface area contributed by atoms with Crippen LogP contribution in [0.1, 0.15) is 27.2 Å². The Balaban J connectivity index is 2.47. The summed E-state index contributed by atoms with van der Waals surface area (Å²) < 4.78 is 11.3. The van der Waals surface area contributed by atoms with Crippen LogP contribution in [0.25, 0.3) is 0 Å². The topological polar surface area (TPSA) is 75.4 Å². The van der Waals surface area contributed by atoms with Crippen molar-refractivity contribution in [1.82, 2.24) is 10.2 Å². The minimum absolute atomic E-state index is 0.219. The van der Waals surface area contributed by atoms with Crippen LogP contribution in [0.5, 0.6) is 0 Å². The lowest BCUT2D eigenvalue weighted by molar-refractivity contribution is -0.124. The van der Waals surface area contributed by atoms with Crippen LogP contribution in [0.3, 0.4) is 0 Å². The number of hydrogen-bond acceptors (Lipinski definition) is 4. The highest BCUT2D eigenvalue weighted by Gasteiger charge is 2.32. The maximum absolute atomic E-state index is 11.6. The van der Waals surface area contributed by atoms with Crippen LogP contribution in [-0.2, 0) is 15.6 Å². The highest BCUT2D eigenvalue weighted by Crippen LogP contribution is 2.12. The molecule has 0 spiro atoms. The lowest BCUT2D eigenvalue weighted by Gasteiger charge is -2.33. The average Bonchev–Trinajstić information content (AvgIpc) is 2.27. The van der Waals surface area contributed by atoms with Crippen molar-refractivity contribution in [2.45, 2.75) is 38.8 Å². The molecule has 1 aliphatic heterocycles. The Morgan fingerprint density at radius 1 is 1.44 bits per heavy atom. The molecule has 1 unspecified atom stereocenters. The molecule has 1 heterocycles. The van der Waals surface area contributed by atoms with Crippen LogP contribution in [-0.4, -0.2) is 57.7 Å². The van der Waals surface area contributed by atoms with Crippen molar-refractivity contribution in [1.29, 1.82) is 0 Å². The largest absolute Gasteiger partial charge is 0.368 e. The predicted molar refractivity (Wildman–Crippen MR) is 74.8 cm³/mol. The zero-order valence-electron chi connectivity index (χ0n) is 11.6. The van der Waals surface area contributed by atoms with Gasteiger partial charge in [0.05, 0.1) is 5.54 Å². The van der Waals surface area contributed by atoms with E-state index in [2.05, 4.69) is 10.2 Å². The molecule has 0 aromatic carbocycles. The maximum atomic E-state index is 11.6. The third-order valence-electron chi connectivity index (χ3n) is 3.35. The summed E-state index contributed by atoms with van der Waals surface area (Å²) in [5.41, 5.74) is 4.83. The number of carbonyl (C=O) groups is 1. The van der Waals surface area contributed by atoms with E-state index in [1.807, 2.05) is 20.8 Å². The molecule has 0 aromatic rings. The summed E-state index contributed by atoms with van der Waals surface area (Å²) >= 11 is 0. The van der Waals surface area contributed by atoms with Gasteiger partial charge in [0.15, 0.2) is 0 Å². The van der Waals surface area contributed by atoms with E-state index in [4.69, 9.17) is 5.73 Å². The van der Waals surface area contributed by atoms with E-state index in [0.29, 0.717) is 6.42 Å². The Bertz CT molecular complexity index is 312. The van der Waals surface area contributed by atoms with Crippen LogP contribution in [0.4, 0.5) is 0 Å². The second kappa shape index (κ2) is 6.63. The van der Waals surface area contributed by atoms with Gasteiger partial charge in [-0.15, -0.1) is 0 Å². The van der Waals surface area contributed by atoms with Gasteiger partial charge in [-0.05, 0) is 27.2 Å². The molecule has 1 rings (SSSR count). The highest BCUT2D eigenvalue weighted by atomic mass is 32.2. The molecule has 0 bridgehead atoms. The summed E-state index contributed by atoms with van der Waals surface area (Å²) in [4.78, 5) is 13.8. The molecular formula is C12H25N3O2S. The molecule has 1 aliphatic rings. The van der Waals surface area contributed by atoms with Crippen molar-refractivity contribution in [2.24, 2.45) is 5.73 Å². The Morgan fingerprint density at radius 2 is 2.00 bits per heavy atom. The standard InChI is InChI=1S/C12H25N3O2S/c1-10(2)14-12(3,11(13)16)4-5-15-6-8-18(17)9-7-15/h10,14H,4-9H2,1-3H3,(H2,13,16). The quantitative estimate of drug-likeness (QED) is 0.697. The second-order valence-electron chi connectivity index (χ2n) is 5.44. The molecule has 0 aromatic heterocycles. The van der Waals surface area contributed by atoms with Gasteiger partial charge in [0.25, 0.3) is 0 Å². The first-order valence-corrected chi connectivity index (χ1v) is 7.97. The fourth-order valence-electron chi connectivity index (χ4n) is 2.18. The van der Waals surface area contributed by atoms with E-state index in [1.165, 1.54) is 0 Å². The predicted octanol–water partition coefficient (Wildman–Crippen LogP) is -0.317. The van der Waals surface area contributed by atoms with E-state index in [0.717, 1.165) is 31.1 Å². The van der Waals surface area contributed by atoms with Gasteiger partial charge in [0.2, 0.25) is 5.91 Å². The van der Waals surface area contributed by atoms with E-state index in [1.54, 1.807) is 0 Å². The summed E-state index contributed by atoms with van der Waals surface area (Å²) in [5, 5.41) is 3.24. The van der Waals surface area contributed by atoms with Gasteiger partial charge in [-0.2, -0.15) is 0 Å². The molecule has 1 atom stereocenters. The fraction of sp³-hybridized carbons (Fsp3) is 0.917. The SMILES string of the molecule is CC(C)NC(C)(CCN1CCS(=O)CC1)C(N)=O. The number of primary amides is 1. The van der Waals surface area contributed by atoms with Crippen LogP contribution >= 0.6 is 0 Å². The number of amides is 1. The summed E-state index contributed by atoms with van der Waals surface area (Å²) in [6, 6.07) is 0.219. The summed E-state index contributed by atoms with van der Waals surface area (Å²) in [6.07, 6.45) is 0.688. The molecule has 0 radical (unpaired) electrons. The molecular weight excluding hydrogens is 250 g/mol. The van der Waals surface area contributed by atoms with E-state index in [-0.39, 0.29) is 11.9 Å². The van der Waals surface area contributed by atoms with Gasteiger partial charge in [0.1, 0.15) is 0 Å². The third-order valence-corrected chi connectivity index (χ3v) is 4.63. The first kappa shape index (κ1) is 15.6. The second-order valence-corrected chi connectivity index (χ2v) is 7.13. The molecule has 6 heteroatoms. The lowest BCUT2D eigenvalue weighted by Crippen LogP contribution is -2.57. The van der Waals surface area contributed by atoms with Crippen molar-refractivity contribution in [3.63, 3.8) is 0 Å². The van der Waals surface area contributed by atoms with Crippen molar-refractivity contribution >= 4 is 16.7 Å². The summed E-state index contributed by atoms with van der Waals surface area (Å²) in [6.45, 7) is 8.39. The zero-order valence-corrected chi connectivity index (χ0v) is 12.4. The van der Waals surface area contributed by atoms with Crippen LogP contribution in [0.2, 0.25) is 0 Å². The molecule has 0 saturated carbocycles. The Hall–Kier alpha value is -0.460. The summed E-state index contributed by atoms with van der Waals surface area (Å²) in [5.74, 6) is 1.17. The molecule has 3 N–H and O–H groups in total. The molecule has 1 saturated heterocycles. The van der Waals surface area contributed by atoms with Crippen molar-refractivity contribution < 1.29 is 9.00 Å². The minimum Gasteiger partial charge on any atom is -0.368 e. The van der Waals surface area contributed by atoms with Gasteiger partial charge < -0.3 is 16.0 Å². The Kier molecular flexibility index (Phi) is 5.75. The van der Waals surface area contributed by atoms with Crippen molar-refractivity contribution in [3.05, 3.63) is 0 Å². The molecule has 5 nitrogen and oxygen atoms in total. The number of hydrogen-bond donors (Lipinski definition) is 2. The first-order valence-electron chi connectivity index (χ1n) is 6.48. The Labute approximate surface area is 112 Å². The van der Waals surface area contributed by atoms with Gasteiger partial charge in [-0.3, -0.25) is 9.00 Å². The van der Waals surface area contributed by atoms with Crippen LogP contribution in [0.15, 0.2) is 0 Å². The van der Waals surface area contributed by atoms with Gasteiger partial charge in [0, 0.05) is 48.0 Å². The Morgan fingerprint density at radius 3 is 2.44 bits per heavy atom. The molecule has 1 amide bonds. The fourth-order valence-corrected chi connectivity index (χ4v) is 3.31. The van der Waals surface area contributed by atoms with Crippen LogP contribution in [0, 0.1) is 0 Å². The lowest BCUT2D eigenvalue weighted by atomic mass is 9.95. The average molecular weight is 275 g/mol. The smallest absolute Gasteiger partial charge is 0.237 e. The maximum Gasteiger partial charge on any atom is 0.237 e. The number of nitrogens with one attached hydrogen (secondary N) is 1. The van der Waals surface area contributed by atoms with Crippen molar-refractivity contribution in [3.8, 4) is 0 Å². The number of nitrogens with two attached hydrogens (primary N) is 1. The molecule has 18 heavy (non-hydrogen) atoms. The van der Waals surface area contributed by atoms with E-state index < -0.39 is 16.3 Å². The monoisotopic (exact) mass is 275 g/mol. The normalized spacial score (nSPS) is 22.0. The third kappa shape index (κ3) is 4.66. The number of rotatable bonds is 6. The number of carbonyl (C=O) groups excluding carboxylic acids is 1. The number of nitrogens with zero attached hydrogens (tertiary/aromatic N) is 1. The summed E-state index contributed by atoms with van der Waals surface area (Å²) in [7, 11) is -0.652. The van der Waals surface area contributed by atoms with Gasteiger partial charge in [-0.1, -0.05) is 0 Å². The van der Waals surface area contributed by atoms with Crippen molar-refractivity contribution in [2.75, 3.05) is 31.1 Å². The first-order chi connectivity index (χ1) is 8.33. The highest BCUT2D eigenvalue weighted by molar-refractivity contribution is 7.85. The van der Waals surface area contributed by atoms with Crippen LogP contribution < -0.4 is 11.1 Å². The minimum atomic E-state index is -0.662. The van der Waals surface area contributed by atoms with E-state index >= 15 is 0 Å². The molecule has 106 valence electrons. The molecule has 1 fully saturated rings.